The van der Waals surface area contributed by atoms with Gasteiger partial charge in [0.1, 0.15) is 6.26 Å². The average Bonchev–Trinajstić information content (AvgIpc) is 3.19. The Hall–Kier alpha value is -1.34. The van der Waals surface area contributed by atoms with Crippen LogP contribution in [0.25, 0.3) is 0 Å². The number of sulfonamides is 1. The monoisotopic (exact) mass is 326 g/mol. The van der Waals surface area contributed by atoms with Crippen molar-refractivity contribution in [1.82, 2.24) is 9.62 Å². The predicted molar refractivity (Wildman–Crippen MR) is 81.9 cm³/mol. The first kappa shape index (κ1) is 15.6. The van der Waals surface area contributed by atoms with Gasteiger partial charge in [0, 0.05) is 19.1 Å². The lowest BCUT2D eigenvalue weighted by Gasteiger charge is -2.32. The molecule has 1 aliphatic heterocycles. The van der Waals surface area contributed by atoms with E-state index in [4.69, 9.17) is 4.42 Å². The van der Waals surface area contributed by atoms with Crippen molar-refractivity contribution in [2.24, 2.45) is 0 Å². The fourth-order valence-electron chi connectivity index (χ4n) is 3.32. The van der Waals surface area contributed by atoms with Gasteiger partial charge in [-0.15, -0.1) is 0 Å². The largest absolute Gasteiger partial charge is 0.472 e. The summed E-state index contributed by atoms with van der Waals surface area (Å²) in [5.74, 6) is -0.158. The minimum absolute atomic E-state index is 0.0740. The topological polar surface area (TPSA) is 79.6 Å². The van der Waals surface area contributed by atoms with E-state index < -0.39 is 15.3 Å². The van der Waals surface area contributed by atoms with Crippen molar-refractivity contribution in [3.05, 3.63) is 24.2 Å². The molecule has 0 bridgehead atoms. The fourth-order valence-corrected chi connectivity index (χ4v) is 5.06. The first-order chi connectivity index (χ1) is 10.6. The van der Waals surface area contributed by atoms with Crippen molar-refractivity contribution in [2.75, 3.05) is 13.1 Å². The van der Waals surface area contributed by atoms with Gasteiger partial charge in [0.2, 0.25) is 10.0 Å². The molecule has 0 spiro atoms. The number of hydrogen-bond donors (Lipinski definition) is 1. The zero-order valence-corrected chi connectivity index (χ0v) is 13.3. The highest BCUT2D eigenvalue weighted by Gasteiger charge is 2.34. The highest BCUT2D eigenvalue weighted by atomic mass is 32.2. The molecule has 1 amide bonds. The lowest BCUT2D eigenvalue weighted by Crippen LogP contribution is -2.49. The van der Waals surface area contributed by atoms with Crippen LogP contribution in [0.2, 0.25) is 0 Å². The van der Waals surface area contributed by atoms with Crippen LogP contribution < -0.4 is 4.72 Å². The molecule has 1 atom stereocenters. The number of carbonyl (C=O) groups excluding carboxylic acids is 1. The third-order valence-electron chi connectivity index (χ3n) is 4.56. The van der Waals surface area contributed by atoms with Crippen LogP contribution in [0.1, 0.15) is 48.9 Å². The van der Waals surface area contributed by atoms with Gasteiger partial charge in [0.15, 0.2) is 0 Å². The minimum atomic E-state index is -3.37. The van der Waals surface area contributed by atoms with E-state index in [1.54, 1.807) is 11.0 Å². The number of rotatable bonds is 4. The zero-order chi connectivity index (χ0) is 15.6. The Morgan fingerprint density at radius 2 is 2.00 bits per heavy atom. The van der Waals surface area contributed by atoms with E-state index in [1.165, 1.54) is 12.5 Å². The Morgan fingerprint density at radius 1 is 1.23 bits per heavy atom. The van der Waals surface area contributed by atoms with Crippen LogP contribution in [0.15, 0.2) is 23.0 Å². The number of nitrogens with one attached hydrogen (secondary N) is 1. The van der Waals surface area contributed by atoms with Gasteiger partial charge in [0.25, 0.3) is 5.91 Å². The third kappa shape index (κ3) is 3.35. The number of hydrogen-bond acceptors (Lipinski definition) is 4. The maximum absolute atomic E-state index is 12.5. The quantitative estimate of drug-likeness (QED) is 0.914. The van der Waals surface area contributed by atoms with Gasteiger partial charge >= 0.3 is 0 Å². The summed E-state index contributed by atoms with van der Waals surface area (Å²) in [5, 5.41) is -0.516. The van der Waals surface area contributed by atoms with Gasteiger partial charge in [-0.2, -0.15) is 0 Å². The number of likely N-dealkylation sites (tertiary alicyclic amines) is 1. The smallest absolute Gasteiger partial charge is 0.257 e. The highest BCUT2D eigenvalue weighted by Crippen LogP contribution is 2.23. The summed E-state index contributed by atoms with van der Waals surface area (Å²) >= 11 is 0. The number of furan rings is 1. The molecule has 0 radical (unpaired) electrons. The Bertz CT molecular complexity index is 605. The molecule has 2 aliphatic rings. The molecule has 3 rings (SSSR count). The molecule has 2 fully saturated rings. The van der Waals surface area contributed by atoms with Crippen LogP contribution in [0.5, 0.6) is 0 Å². The summed E-state index contributed by atoms with van der Waals surface area (Å²) in [7, 11) is -3.37. The summed E-state index contributed by atoms with van der Waals surface area (Å²) < 4.78 is 32.8. The van der Waals surface area contributed by atoms with E-state index in [0.29, 0.717) is 24.9 Å². The Balaban J connectivity index is 1.65. The second-order valence-corrected chi connectivity index (χ2v) is 8.16. The molecule has 22 heavy (non-hydrogen) atoms. The van der Waals surface area contributed by atoms with Crippen molar-refractivity contribution in [2.45, 2.75) is 49.8 Å². The van der Waals surface area contributed by atoms with Gasteiger partial charge in [0.05, 0.1) is 17.1 Å². The van der Waals surface area contributed by atoms with E-state index in [-0.39, 0.29) is 18.5 Å². The molecule has 6 nitrogen and oxygen atoms in total. The summed E-state index contributed by atoms with van der Waals surface area (Å²) in [6.07, 6.45) is 8.18. The van der Waals surface area contributed by atoms with Crippen LogP contribution in [-0.4, -0.2) is 43.6 Å². The van der Waals surface area contributed by atoms with Crippen molar-refractivity contribution >= 4 is 15.9 Å². The van der Waals surface area contributed by atoms with Gasteiger partial charge < -0.3 is 9.32 Å². The lowest BCUT2D eigenvalue weighted by atomic mass is 10.1. The summed E-state index contributed by atoms with van der Waals surface area (Å²) in [4.78, 5) is 13.9. The highest BCUT2D eigenvalue weighted by molar-refractivity contribution is 7.90. The molecule has 1 aliphatic carbocycles. The number of nitrogens with zero attached hydrogens (tertiary/aromatic N) is 1. The molecular weight excluding hydrogens is 304 g/mol. The summed E-state index contributed by atoms with van der Waals surface area (Å²) in [5.41, 5.74) is 0.474. The average molecular weight is 326 g/mol. The van der Waals surface area contributed by atoms with E-state index in [0.717, 1.165) is 25.7 Å². The van der Waals surface area contributed by atoms with Gasteiger partial charge in [-0.3, -0.25) is 4.79 Å². The summed E-state index contributed by atoms with van der Waals surface area (Å²) in [6.45, 7) is 0.853. The van der Waals surface area contributed by atoms with E-state index >= 15 is 0 Å². The molecule has 1 saturated heterocycles. The minimum Gasteiger partial charge on any atom is -0.472 e. The van der Waals surface area contributed by atoms with Crippen LogP contribution in [0.3, 0.4) is 0 Å². The molecule has 122 valence electrons. The Morgan fingerprint density at radius 3 is 2.68 bits per heavy atom. The predicted octanol–water partition coefficient (Wildman–Crippen LogP) is 1.75. The molecular formula is C15H22N2O4S. The van der Waals surface area contributed by atoms with Gasteiger partial charge in [-0.1, -0.05) is 12.8 Å². The second-order valence-electron chi connectivity index (χ2n) is 6.17. The molecule has 1 aromatic rings. The van der Waals surface area contributed by atoms with Crippen LogP contribution in [0, 0.1) is 0 Å². The third-order valence-corrected chi connectivity index (χ3v) is 6.48. The molecule has 2 heterocycles. The molecule has 1 N–H and O–H groups in total. The van der Waals surface area contributed by atoms with E-state index in [9.17, 15) is 13.2 Å². The molecule has 1 unspecified atom stereocenters. The Labute approximate surface area is 130 Å². The fraction of sp³-hybridized carbons (Fsp3) is 0.667. The van der Waals surface area contributed by atoms with E-state index in [1.807, 2.05) is 0 Å². The zero-order valence-electron chi connectivity index (χ0n) is 12.5. The van der Waals surface area contributed by atoms with E-state index in [2.05, 4.69) is 4.72 Å². The maximum Gasteiger partial charge on any atom is 0.257 e. The first-order valence-electron chi connectivity index (χ1n) is 7.89. The standard InChI is InChI=1S/C15H22N2O4S/c18-15(12-7-9-21-11-12)17-8-3-6-14(10-17)22(19,20)16-13-4-1-2-5-13/h7,9,11,13-14,16H,1-6,8,10H2. The molecule has 7 heteroatoms. The van der Waals surface area contributed by atoms with Crippen molar-refractivity contribution in [3.63, 3.8) is 0 Å². The lowest BCUT2D eigenvalue weighted by molar-refractivity contribution is 0.0726. The number of piperidine rings is 1. The normalized spacial score (nSPS) is 23.8. The molecule has 1 saturated carbocycles. The van der Waals surface area contributed by atoms with Gasteiger partial charge in [-0.25, -0.2) is 13.1 Å². The first-order valence-corrected chi connectivity index (χ1v) is 9.43. The SMILES string of the molecule is O=C(c1ccoc1)N1CCCC(S(=O)(=O)NC2CCCC2)C1. The van der Waals surface area contributed by atoms with Crippen molar-refractivity contribution in [1.29, 1.82) is 0 Å². The number of amides is 1. The van der Waals surface area contributed by atoms with Crippen LogP contribution >= 0.6 is 0 Å². The van der Waals surface area contributed by atoms with Crippen molar-refractivity contribution < 1.29 is 17.6 Å². The van der Waals surface area contributed by atoms with Crippen molar-refractivity contribution in [3.8, 4) is 0 Å². The van der Waals surface area contributed by atoms with Crippen LogP contribution in [-0.2, 0) is 10.0 Å². The molecule has 1 aromatic heterocycles. The maximum atomic E-state index is 12.5. The summed E-state index contributed by atoms with van der Waals surface area (Å²) in [6, 6.07) is 1.68. The Kier molecular flexibility index (Phi) is 4.54. The second kappa shape index (κ2) is 6.42. The molecule has 0 aromatic carbocycles. The van der Waals surface area contributed by atoms with Gasteiger partial charge in [-0.05, 0) is 31.7 Å². The van der Waals surface area contributed by atoms with Crippen LogP contribution in [0.4, 0.5) is 0 Å². The number of carbonyl (C=O) groups is 1.